The minimum absolute atomic E-state index is 0.306. The summed E-state index contributed by atoms with van der Waals surface area (Å²) in [7, 11) is 0. The lowest BCUT2D eigenvalue weighted by molar-refractivity contribution is 0.210. The van der Waals surface area contributed by atoms with Crippen molar-refractivity contribution in [2.24, 2.45) is 17.4 Å². The van der Waals surface area contributed by atoms with E-state index in [-0.39, 0.29) is 0 Å². The first-order chi connectivity index (χ1) is 6.04. The zero-order valence-corrected chi connectivity index (χ0v) is 6.92. The maximum absolute atomic E-state index is 9.60. The van der Waals surface area contributed by atoms with Crippen LogP contribution >= 0.6 is 0 Å². The number of para-hydroxylation sites is 1. The van der Waals surface area contributed by atoms with Crippen LogP contribution < -0.4 is 17.4 Å². The van der Waals surface area contributed by atoms with Crippen molar-refractivity contribution in [3.8, 4) is 5.75 Å². The summed E-state index contributed by atoms with van der Waals surface area (Å²) in [6.07, 6.45) is 0. The lowest BCUT2D eigenvalue weighted by atomic mass is 10.3. The van der Waals surface area contributed by atoms with E-state index in [1.54, 1.807) is 24.3 Å². The van der Waals surface area contributed by atoms with Gasteiger partial charge >= 0.3 is 6.03 Å². The van der Waals surface area contributed by atoms with E-state index in [0.29, 0.717) is 10.9 Å². The molecule has 0 fully saturated rings. The third-order valence-corrected chi connectivity index (χ3v) is 1.01. The number of carbonyl (C=O) groups excluding carboxylic acids is 1. The van der Waals surface area contributed by atoms with Gasteiger partial charge in [-0.05, 0) is 12.1 Å². The molecule has 0 atom stereocenters. The Balaban J connectivity index is 0.000000226. The number of primary amides is 1. The number of hydrazine groups is 2. The molecule has 2 amide bonds. The lowest BCUT2D eigenvalue weighted by Crippen LogP contribution is -2.46. The maximum atomic E-state index is 9.60. The standard InChI is InChI=1S/C6H6O.CH6N4O/c7-6-4-2-1-3-5-6;2-1(6)5(3)4/h1-5,7H;3-4H2,(H2,2,6). The Labute approximate surface area is 75.5 Å². The molecule has 0 aromatic heterocycles. The molecule has 0 bridgehead atoms. The molecule has 0 aliphatic rings. The van der Waals surface area contributed by atoms with Gasteiger partial charge in [-0.1, -0.05) is 18.2 Å². The third-order valence-electron chi connectivity index (χ3n) is 1.01. The van der Waals surface area contributed by atoms with E-state index in [1.807, 2.05) is 6.07 Å². The molecule has 6 nitrogen and oxygen atoms in total. The molecule has 13 heavy (non-hydrogen) atoms. The lowest BCUT2D eigenvalue weighted by Gasteiger charge is -2.00. The van der Waals surface area contributed by atoms with Gasteiger partial charge in [0.2, 0.25) is 0 Å². The van der Waals surface area contributed by atoms with Gasteiger partial charge in [-0.3, -0.25) is 0 Å². The zero-order chi connectivity index (χ0) is 10.3. The molecule has 0 aliphatic heterocycles. The van der Waals surface area contributed by atoms with Crippen LogP contribution in [0.4, 0.5) is 4.79 Å². The van der Waals surface area contributed by atoms with Crippen molar-refractivity contribution in [3.63, 3.8) is 0 Å². The number of amides is 2. The summed E-state index contributed by atoms with van der Waals surface area (Å²) in [5.41, 5.74) is 4.47. The number of phenolic OH excluding ortho intramolecular Hbond substituents is 1. The van der Waals surface area contributed by atoms with Crippen LogP contribution in [0.5, 0.6) is 5.75 Å². The molecular formula is C7H12N4O2. The number of hydrogen-bond donors (Lipinski definition) is 4. The molecule has 0 aliphatic carbocycles. The van der Waals surface area contributed by atoms with E-state index in [9.17, 15) is 4.79 Å². The second-order valence-electron chi connectivity index (χ2n) is 2.08. The summed E-state index contributed by atoms with van der Waals surface area (Å²) in [5, 5.41) is 8.94. The molecule has 6 heteroatoms. The molecule has 0 saturated carbocycles. The van der Waals surface area contributed by atoms with E-state index in [1.165, 1.54) is 0 Å². The Morgan fingerprint density at radius 1 is 1.23 bits per heavy atom. The van der Waals surface area contributed by atoms with Crippen molar-refractivity contribution in [3.05, 3.63) is 30.3 Å². The number of nitrogens with two attached hydrogens (primary N) is 3. The van der Waals surface area contributed by atoms with E-state index < -0.39 is 6.03 Å². The van der Waals surface area contributed by atoms with Crippen LogP contribution in [-0.4, -0.2) is 16.3 Å². The molecule has 0 radical (unpaired) electrons. The first-order valence-electron chi connectivity index (χ1n) is 3.37. The van der Waals surface area contributed by atoms with Gasteiger partial charge in [-0.15, -0.1) is 0 Å². The highest BCUT2D eigenvalue weighted by atomic mass is 16.3. The van der Waals surface area contributed by atoms with Gasteiger partial charge < -0.3 is 10.8 Å². The number of rotatable bonds is 0. The van der Waals surface area contributed by atoms with E-state index in [2.05, 4.69) is 17.4 Å². The summed E-state index contributed by atoms with van der Waals surface area (Å²) in [6.45, 7) is 0. The number of urea groups is 1. The highest BCUT2D eigenvalue weighted by Crippen LogP contribution is 2.02. The molecular weight excluding hydrogens is 172 g/mol. The second kappa shape index (κ2) is 5.81. The number of phenols is 1. The fourth-order valence-corrected chi connectivity index (χ4v) is 0.428. The Hall–Kier alpha value is -1.79. The molecule has 1 aromatic rings. The first kappa shape index (κ1) is 11.2. The fourth-order valence-electron chi connectivity index (χ4n) is 0.428. The van der Waals surface area contributed by atoms with Crippen LogP contribution in [0.2, 0.25) is 0 Å². The van der Waals surface area contributed by atoms with Crippen molar-refractivity contribution in [1.29, 1.82) is 0 Å². The first-order valence-corrected chi connectivity index (χ1v) is 3.37. The number of nitrogens with zero attached hydrogens (tertiary/aromatic N) is 1. The minimum Gasteiger partial charge on any atom is -0.508 e. The Bertz CT molecular complexity index is 250. The number of benzene rings is 1. The normalized spacial score (nSPS) is 8.15. The van der Waals surface area contributed by atoms with Crippen LogP contribution in [0, 0.1) is 0 Å². The highest BCUT2D eigenvalue weighted by molar-refractivity contribution is 5.70. The quantitative estimate of drug-likeness (QED) is 0.247. The number of carbonyl (C=O) groups is 1. The molecule has 0 saturated heterocycles. The molecule has 0 spiro atoms. The van der Waals surface area contributed by atoms with E-state index >= 15 is 0 Å². The summed E-state index contributed by atoms with van der Waals surface area (Å²) in [5.74, 6) is 9.47. The summed E-state index contributed by atoms with van der Waals surface area (Å²) >= 11 is 0. The topological polar surface area (TPSA) is 119 Å². The molecule has 1 rings (SSSR count). The SMILES string of the molecule is NC(=O)N(N)N.Oc1ccccc1. The largest absolute Gasteiger partial charge is 0.508 e. The van der Waals surface area contributed by atoms with Crippen molar-refractivity contribution in [2.75, 3.05) is 0 Å². The smallest absolute Gasteiger partial charge is 0.343 e. The number of aromatic hydroxyl groups is 1. The van der Waals surface area contributed by atoms with Crippen LogP contribution in [0.3, 0.4) is 0 Å². The van der Waals surface area contributed by atoms with Gasteiger partial charge in [0.15, 0.2) is 0 Å². The van der Waals surface area contributed by atoms with Gasteiger partial charge in [-0.2, -0.15) is 5.12 Å². The average molecular weight is 184 g/mol. The zero-order valence-electron chi connectivity index (χ0n) is 6.92. The maximum Gasteiger partial charge on any atom is 0.343 e. The van der Waals surface area contributed by atoms with Crippen molar-refractivity contribution >= 4 is 6.03 Å². The van der Waals surface area contributed by atoms with E-state index in [4.69, 9.17) is 5.11 Å². The molecule has 7 N–H and O–H groups in total. The molecule has 1 aromatic carbocycles. The Morgan fingerprint density at radius 3 is 1.77 bits per heavy atom. The van der Waals surface area contributed by atoms with Crippen molar-refractivity contribution in [2.45, 2.75) is 0 Å². The van der Waals surface area contributed by atoms with Crippen molar-refractivity contribution < 1.29 is 9.90 Å². The third kappa shape index (κ3) is 6.60. The van der Waals surface area contributed by atoms with Gasteiger partial charge in [0.05, 0.1) is 0 Å². The van der Waals surface area contributed by atoms with Crippen LogP contribution in [-0.2, 0) is 0 Å². The average Bonchev–Trinajstić information content (AvgIpc) is 2.06. The van der Waals surface area contributed by atoms with Gasteiger partial charge in [-0.25, -0.2) is 16.5 Å². The fraction of sp³-hybridized carbons (Fsp3) is 0. The van der Waals surface area contributed by atoms with Gasteiger partial charge in [0, 0.05) is 0 Å². The Morgan fingerprint density at radius 2 is 1.62 bits per heavy atom. The van der Waals surface area contributed by atoms with Crippen LogP contribution in [0.15, 0.2) is 30.3 Å². The monoisotopic (exact) mass is 184 g/mol. The highest BCUT2D eigenvalue weighted by Gasteiger charge is 1.90. The van der Waals surface area contributed by atoms with Crippen LogP contribution in [0.1, 0.15) is 0 Å². The summed E-state index contributed by atoms with van der Waals surface area (Å²) < 4.78 is 0. The van der Waals surface area contributed by atoms with Gasteiger partial charge in [0.25, 0.3) is 0 Å². The van der Waals surface area contributed by atoms with Crippen LogP contribution in [0.25, 0.3) is 0 Å². The predicted molar refractivity (Wildman–Crippen MR) is 47.9 cm³/mol. The van der Waals surface area contributed by atoms with Gasteiger partial charge in [0.1, 0.15) is 5.75 Å². The molecule has 0 heterocycles. The predicted octanol–water partition coefficient (Wildman–Crippen LogP) is -0.493. The van der Waals surface area contributed by atoms with Crippen molar-refractivity contribution in [1.82, 2.24) is 5.12 Å². The molecule has 0 unspecified atom stereocenters. The number of hydrogen-bond acceptors (Lipinski definition) is 4. The molecule has 72 valence electrons. The summed E-state index contributed by atoms with van der Waals surface area (Å²) in [4.78, 5) is 9.60. The van der Waals surface area contributed by atoms with E-state index in [0.717, 1.165) is 0 Å². The minimum atomic E-state index is -0.852. The summed E-state index contributed by atoms with van der Waals surface area (Å²) in [6, 6.07) is 7.86. The second-order valence-corrected chi connectivity index (χ2v) is 2.08. The Kier molecular flexibility index (Phi) is 5.01.